The van der Waals surface area contributed by atoms with E-state index < -0.39 is 23.0 Å². The van der Waals surface area contributed by atoms with Gasteiger partial charge in [0.25, 0.3) is 0 Å². The molecule has 0 aliphatic rings. The Balaban J connectivity index is 1.68. The SMILES string of the molecule is Cc1nc(-c2ccc(Cc3ccc4[nH]cc(C(=O)O)c(=O)c4c3)c(F)c2)ccc1F. The Hall–Kier alpha value is -3.87. The molecule has 0 radical (unpaired) electrons. The summed E-state index contributed by atoms with van der Waals surface area (Å²) in [5.74, 6) is -2.19. The molecule has 0 aliphatic heterocycles. The molecule has 0 bridgehead atoms. The Kier molecular flexibility index (Phi) is 4.87. The zero-order valence-corrected chi connectivity index (χ0v) is 15.9. The van der Waals surface area contributed by atoms with Gasteiger partial charge in [-0.3, -0.25) is 9.78 Å². The molecule has 0 saturated heterocycles. The first-order valence-electron chi connectivity index (χ1n) is 9.13. The molecule has 2 aromatic carbocycles. The Morgan fingerprint density at radius 2 is 1.87 bits per heavy atom. The van der Waals surface area contributed by atoms with Crippen molar-refractivity contribution in [2.75, 3.05) is 0 Å². The number of fused-ring (bicyclic) bond motifs is 1. The lowest BCUT2D eigenvalue weighted by Crippen LogP contribution is -2.15. The summed E-state index contributed by atoms with van der Waals surface area (Å²) >= 11 is 0. The number of aryl methyl sites for hydroxylation is 1. The van der Waals surface area contributed by atoms with Crippen LogP contribution in [0.15, 0.2) is 59.5 Å². The number of H-pyrrole nitrogens is 1. The quantitative estimate of drug-likeness (QED) is 0.524. The minimum atomic E-state index is -1.31. The number of carbonyl (C=O) groups is 1. The number of aromatic carboxylic acids is 1. The van der Waals surface area contributed by atoms with Gasteiger partial charge in [0.2, 0.25) is 5.43 Å². The Morgan fingerprint density at radius 1 is 1.07 bits per heavy atom. The predicted octanol–water partition coefficient (Wildman–Crippen LogP) is 4.47. The maximum Gasteiger partial charge on any atom is 0.341 e. The van der Waals surface area contributed by atoms with E-state index in [2.05, 4.69) is 9.97 Å². The van der Waals surface area contributed by atoms with E-state index in [1.807, 2.05) is 0 Å². The fourth-order valence-electron chi connectivity index (χ4n) is 3.31. The molecule has 4 rings (SSSR count). The van der Waals surface area contributed by atoms with Crippen molar-refractivity contribution in [2.24, 2.45) is 0 Å². The van der Waals surface area contributed by atoms with Gasteiger partial charge in [-0.2, -0.15) is 0 Å². The van der Waals surface area contributed by atoms with Gasteiger partial charge in [-0.05, 0) is 48.4 Å². The van der Waals surface area contributed by atoms with E-state index in [-0.39, 0.29) is 23.1 Å². The van der Waals surface area contributed by atoms with Crippen molar-refractivity contribution in [2.45, 2.75) is 13.3 Å². The predicted molar refractivity (Wildman–Crippen MR) is 109 cm³/mol. The van der Waals surface area contributed by atoms with E-state index in [9.17, 15) is 18.4 Å². The standard InChI is InChI=1S/C23H16F2N2O3/c1-12-18(24)5-7-20(27-12)15-4-3-14(19(25)10-15)8-13-2-6-21-16(9-13)22(28)17(11-26-21)23(29)30/h2-7,9-11H,8H2,1H3,(H,26,28)(H,29,30). The second kappa shape index (κ2) is 7.51. The number of aromatic amines is 1. The smallest absolute Gasteiger partial charge is 0.341 e. The van der Waals surface area contributed by atoms with Crippen LogP contribution in [0.2, 0.25) is 0 Å². The fourth-order valence-corrected chi connectivity index (χ4v) is 3.31. The van der Waals surface area contributed by atoms with Gasteiger partial charge in [0.1, 0.15) is 17.2 Å². The lowest BCUT2D eigenvalue weighted by molar-refractivity contribution is 0.0695. The van der Waals surface area contributed by atoms with E-state index in [0.29, 0.717) is 27.9 Å². The first-order chi connectivity index (χ1) is 14.3. The molecule has 5 nitrogen and oxygen atoms in total. The highest BCUT2D eigenvalue weighted by Crippen LogP contribution is 2.23. The molecule has 0 aliphatic carbocycles. The number of aromatic nitrogens is 2. The monoisotopic (exact) mass is 406 g/mol. The van der Waals surface area contributed by atoms with E-state index in [0.717, 1.165) is 6.20 Å². The van der Waals surface area contributed by atoms with Gasteiger partial charge in [0.15, 0.2) is 0 Å². The zero-order chi connectivity index (χ0) is 21.4. The summed E-state index contributed by atoms with van der Waals surface area (Å²) in [5, 5.41) is 9.35. The van der Waals surface area contributed by atoms with Crippen molar-refractivity contribution in [1.29, 1.82) is 0 Å². The second-order valence-corrected chi connectivity index (χ2v) is 6.96. The van der Waals surface area contributed by atoms with Crippen LogP contribution in [0, 0.1) is 18.6 Å². The molecule has 7 heteroatoms. The largest absolute Gasteiger partial charge is 0.477 e. The molecule has 0 atom stereocenters. The Bertz CT molecular complexity index is 1360. The lowest BCUT2D eigenvalue weighted by atomic mass is 10.00. The molecule has 0 fully saturated rings. The summed E-state index contributed by atoms with van der Waals surface area (Å²) in [6, 6.07) is 12.4. The van der Waals surface area contributed by atoms with Gasteiger partial charge < -0.3 is 10.1 Å². The van der Waals surface area contributed by atoms with Crippen LogP contribution in [0.25, 0.3) is 22.2 Å². The molecule has 0 amide bonds. The number of pyridine rings is 2. The molecule has 2 aromatic heterocycles. The van der Waals surface area contributed by atoms with E-state index in [1.54, 1.807) is 37.3 Å². The summed E-state index contributed by atoms with van der Waals surface area (Å²) in [6.45, 7) is 1.54. The minimum absolute atomic E-state index is 0.217. The molecule has 30 heavy (non-hydrogen) atoms. The van der Waals surface area contributed by atoms with Crippen LogP contribution < -0.4 is 5.43 Å². The number of benzene rings is 2. The van der Waals surface area contributed by atoms with Gasteiger partial charge in [0.05, 0.1) is 11.4 Å². The number of nitrogens with one attached hydrogen (secondary N) is 1. The molecule has 0 saturated carbocycles. The third kappa shape index (κ3) is 3.57. The molecule has 2 heterocycles. The number of hydrogen-bond donors (Lipinski definition) is 2. The van der Waals surface area contributed by atoms with Crippen molar-refractivity contribution in [3.8, 4) is 11.3 Å². The third-order valence-electron chi connectivity index (χ3n) is 4.94. The fraction of sp³-hybridized carbons (Fsp3) is 0.0870. The summed E-state index contributed by atoms with van der Waals surface area (Å²) in [5.41, 5.74) is 1.87. The van der Waals surface area contributed by atoms with Crippen LogP contribution in [-0.4, -0.2) is 21.0 Å². The first kappa shape index (κ1) is 19.4. The van der Waals surface area contributed by atoms with Crippen LogP contribution in [-0.2, 0) is 6.42 Å². The topological polar surface area (TPSA) is 83.1 Å². The van der Waals surface area contributed by atoms with Gasteiger partial charge in [-0.1, -0.05) is 18.2 Å². The highest BCUT2D eigenvalue weighted by molar-refractivity contribution is 5.92. The van der Waals surface area contributed by atoms with Gasteiger partial charge in [-0.15, -0.1) is 0 Å². The van der Waals surface area contributed by atoms with Crippen molar-refractivity contribution >= 4 is 16.9 Å². The van der Waals surface area contributed by atoms with Crippen LogP contribution in [0.5, 0.6) is 0 Å². The highest BCUT2D eigenvalue weighted by atomic mass is 19.1. The maximum absolute atomic E-state index is 14.7. The van der Waals surface area contributed by atoms with Crippen LogP contribution in [0.4, 0.5) is 8.78 Å². The van der Waals surface area contributed by atoms with Crippen LogP contribution >= 0.6 is 0 Å². The highest BCUT2D eigenvalue weighted by Gasteiger charge is 2.13. The van der Waals surface area contributed by atoms with Gasteiger partial charge >= 0.3 is 5.97 Å². The van der Waals surface area contributed by atoms with Crippen molar-refractivity contribution < 1.29 is 18.7 Å². The van der Waals surface area contributed by atoms with Crippen molar-refractivity contribution in [1.82, 2.24) is 9.97 Å². The number of nitrogens with zero attached hydrogens (tertiary/aromatic N) is 1. The maximum atomic E-state index is 14.7. The van der Waals surface area contributed by atoms with Crippen molar-refractivity contribution in [3.63, 3.8) is 0 Å². The lowest BCUT2D eigenvalue weighted by Gasteiger charge is -2.08. The molecule has 2 N–H and O–H groups in total. The summed E-state index contributed by atoms with van der Waals surface area (Å²) < 4.78 is 28.1. The zero-order valence-electron chi connectivity index (χ0n) is 15.9. The van der Waals surface area contributed by atoms with Gasteiger partial charge in [-0.25, -0.2) is 13.6 Å². The summed E-state index contributed by atoms with van der Waals surface area (Å²) in [6.07, 6.45) is 1.38. The number of halogens is 2. The molecule has 150 valence electrons. The first-order valence-corrected chi connectivity index (χ1v) is 9.13. The Morgan fingerprint density at radius 3 is 2.57 bits per heavy atom. The molecular weight excluding hydrogens is 390 g/mol. The van der Waals surface area contributed by atoms with Crippen LogP contribution in [0.3, 0.4) is 0 Å². The number of hydrogen-bond acceptors (Lipinski definition) is 3. The molecule has 4 aromatic rings. The number of carboxylic acid groups (broad SMARTS) is 1. The third-order valence-corrected chi connectivity index (χ3v) is 4.94. The van der Waals surface area contributed by atoms with Crippen molar-refractivity contribution in [3.05, 3.63) is 99.0 Å². The average molecular weight is 406 g/mol. The normalized spacial score (nSPS) is 11.0. The Labute approximate surface area is 169 Å². The minimum Gasteiger partial charge on any atom is -0.477 e. The van der Waals surface area contributed by atoms with E-state index in [4.69, 9.17) is 5.11 Å². The molecular formula is C23H16F2N2O3. The van der Waals surface area contributed by atoms with Crippen LogP contribution in [0.1, 0.15) is 27.2 Å². The summed E-state index contributed by atoms with van der Waals surface area (Å²) in [7, 11) is 0. The van der Waals surface area contributed by atoms with E-state index >= 15 is 0 Å². The average Bonchev–Trinajstić information content (AvgIpc) is 2.72. The second-order valence-electron chi connectivity index (χ2n) is 6.96. The number of carboxylic acids is 1. The van der Waals surface area contributed by atoms with E-state index in [1.165, 1.54) is 18.2 Å². The van der Waals surface area contributed by atoms with Gasteiger partial charge in [0, 0.05) is 29.1 Å². The summed E-state index contributed by atoms with van der Waals surface area (Å²) in [4.78, 5) is 30.5. The molecule has 0 unspecified atom stereocenters. The number of rotatable bonds is 4. The molecule has 0 spiro atoms.